The van der Waals surface area contributed by atoms with E-state index in [4.69, 9.17) is 9.72 Å². The zero-order chi connectivity index (χ0) is 28.7. The van der Waals surface area contributed by atoms with Crippen LogP contribution in [0, 0.1) is 0 Å². The summed E-state index contributed by atoms with van der Waals surface area (Å²) in [6, 6.07) is 11.7. The maximum atomic E-state index is 12.4. The van der Waals surface area contributed by atoms with Crippen LogP contribution in [0.1, 0.15) is 55.8 Å². The van der Waals surface area contributed by atoms with Gasteiger partial charge in [0, 0.05) is 33.1 Å². The lowest BCUT2D eigenvalue weighted by Crippen LogP contribution is -2.50. The standard InChI is InChI=1S/C31H36N6O4/c1-20-6-4-5-7-25(20)41-23-11-8-21(9-12-23)17-36-18-22-10-13-24(33-28(22)31(36,2)19-38)29-32-16-27(35(29)3)37-15-14-26(39)34-30(37)40/h8-13,16,25,38H,1,4-7,14-15,17-19H2,2-3H3,(H,34,39,40)/t25-,31+/m1/s1. The summed E-state index contributed by atoms with van der Waals surface area (Å²) in [6.45, 7) is 7.71. The molecule has 0 bridgehead atoms. The number of ether oxygens (including phenoxy) is 1. The minimum absolute atomic E-state index is 0.0881. The second-order valence-corrected chi connectivity index (χ2v) is 11.4. The number of urea groups is 1. The van der Waals surface area contributed by atoms with Gasteiger partial charge in [-0.25, -0.2) is 14.8 Å². The zero-order valence-corrected chi connectivity index (χ0v) is 23.6. The van der Waals surface area contributed by atoms with Crippen molar-refractivity contribution in [3.63, 3.8) is 0 Å². The van der Waals surface area contributed by atoms with Crippen LogP contribution >= 0.6 is 0 Å². The van der Waals surface area contributed by atoms with Crippen molar-refractivity contribution in [2.45, 2.75) is 63.8 Å². The lowest BCUT2D eigenvalue weighted by atomic mass is 9.93. The Labute approximate surface area is 239 Å². The van der Waals surface area contributed by atoms with E-state index in [2.05, 4.69) is 33.9 Å². The molecule has 41 heavy (non-hydrogen) atoms. The van der Waals surface area contributed by atoms with E-state index in [1.807, 2.05) is 38.2 Å². The Morgan fingerprint density at radius 1 is 1.15 bits per heavy atom. The highest BCUT2D eigenvalue weighted by molar-refractivity contribution is 6.05. The van der Waals surface area contributed by atoms with Crippen LogP contribution in [-0.4, -0.2) is 55.7 Å². The Hall–Kier alpha value is -4.02. The maximum absolute atomic E-state index is 12.4. The van der Waals surface area contributed by atoms with Crippen molar-refractivity contribution in [1.82, 2.24) is 24.8 Å². The summed E-state index contributed by atoms with van der Waals surface area (Å²) in [6.07, 6.45) is 6.37. The number of hydrogen-bond donors (Lipinski definition) is 2. The van der Waals surface area contributed by atoms with Gasteiger partial charge in [-0.3, -0.25) is 19.9 Å². The number of carbonyl (C=O) groups excluding carboxylic acids is 2. The van der Waals surface area contributed by atoms with E-state index in [1.54, 1.807) is 10.8 Å². The lowest BCUT2D eigenvalue weighted by Gasteiger charge is -2.33. The van der Waals surface area contributed by atoms with Crippen LogP contribution in [-0.2, 0) is 30.5 Å². The molecule has 0 radical (unpaired) electrons. The maximum Gasteiger partial charge on any atom is 0.329 e. The molecule has 0 spiro atoms. The predicted octanol–water partition coefficient (Wildman–Crippen LogP) is 4.03. The molecule has 2 atom stereocenters. The van der Waals surface area contributed by atoms with Gasteiger partial charge >= 0.3 is 6.03 Å². The molecule has 2 aliphatic heterocycles. The molecule has 3 aliphatic rings. The predicted molar refractivity (Wildman–Crippen MR) is 154 cm³/mol. The van der Waals surface area contributed by atoms with Gasteiger partial charge in [0.2, 0.25) is 5.91 Å². The Morgan fingerprint density at radius 2 is 1.95 bits per heavy atom. The van der Waals surface area contributed by atoms with E-state index in [0.29, 0.717) is 37.0 Å². The van der Waals surface area contributed by atoms with Gasteiger partial charge in [0.05, 0.1) is 24.0 Å². The number of aromatic nitrogens is 3. The van der Waals surface area contributed by atoms with Gasteiger partial charge in [-0.1, -0.05) is 24.8 Å². The molecule has 1 aromatic carbocycles. The Morgan fingerprint density at radius 3 is 2.68 bits per heavy atom. The second kappa shape index (κ2) is 10.8. The molecule has 10 nitrogen and oxygen atoms in total. The fraction of sp³-hybridized carbons (Fsp3) is 0.419. The molecule has 4 heterocycles. The summed E-state index contributed by atoms with van der Waals surface area (Å²) in [5.41, 5.74) is 4.15. The largest absolute Gasteiger partial charge is 0.486 e. The molecular formula is C31H36N6O4. The van der Waals surface area contributed by atoms with Gasteiger partial charge < -0.3 is 14.4 Å². The van der Waals surface area contributed by atoms with Crippen LogP contribution < -0.4 is 15.0 Å². The monoisotopic (exact) mass is 556 g/mol. The minimum atomic E-state index is -0.679. The van der Waals surface area contributed by atoms with E-state index in [0.717, 1.165) is 35.4 Å². The number of fused-ring (bicyclic) bond motifs is 1. The molecule has 1 saturated heterocycles. The van der Waals surface area contributed by atoms with Gasteiger partial charge in [-0.15, -0.1) is 0 Å². The van der Waals surface area contributed by atoms with Crippen molar-refractivity contribution in [3.8, 4) is 17.3 Å². The van der Waals surface area contributed by atoms with E-state index in [-0.39, 0.29) is 25.0 Å². The van der Waals surface area contributed by atoms with E-state index in [9.17, 15) is 14.7 Å². The third kappa shape index (κ3) is 5.02. The number of aliphatic hydroxyl groups excluding tert-OH is 1. The summed E-state index contributed by atoms with van der Waals surface area (Å²) in [5.74, 6) is 1.75. The van der Waals surface area contributed by atoms with Gasteiger partial charge in [0.1, 0.15) is 23.4 Å². The van der Waals surface area contributed by atoms with Gasteiger partial charge in [0.25, 0.3) is 0 Å². The normalized spacial score (nSPS) is 23.0. The van der Waals surface area contributed by atoms with E-state index >= 15 is 0 Å². The van der Waals surface area contributed by atoms with Crippen molar-refractivity contribution in [1.29, 1.82) is 0 Å². The average molecular weight is 557 g/mol. The van der Waals surface area contributed by atoms with Crippen molar-refractivity contribution in [3.05, 3.63) is 71.6 Å². The second-order valence-electron chi connectivity index (χ2n) is 11.4. The summed E-state index contributed by atoms with van der Waals surface area (Å²) < 4.78 is 8.01. The summed E-state index contributed by atoms with van der Waals surface area (Å²) in [5, 5.41) is 13.0. The Kier molecular flexibility index (Phi) is 7.13. The van der Waals surface area contributed by atoms with E-state index < -0.39 is 11.6 Å². The molecule has 6 rings (SSSR count). The number of nitrogens with zero attached hydrogens (tertiary/aromatic N) is 5. The molecule has 2 fully saturated rings. The molecule has 0 unspecified atom stereocenters. The summed E-state index contributed by atoms with van der Waals surface area (Å²) >= 11 is 0. The average Bonchev–Trinajstić information content (AvgIpc) is 3.48. The van der Waals surface area contributed by atoms with Crippen LogP contribution in [0.4, 0.5) is 10.6 Å². The third-order valence-corrected chi connectivity index (χ3v) is 8.62. The van der Waals surface area contributed by atoms with Crippen molar-refractivity contribution in [2.75, 3.05) is 18.1 Å². The van der Waals surface area contributed by atoms with E-state index in [1.165, 1.54) is 23.3 Å². The quantitative estimate of drug-likeness (QED) is 0.423. The van der Waals surface area contributed by atoms with Crippen LogP contribution in [0.5, 0.6) is 5.75 Å². The van der Waals surface area contributed by atoms with Gasteiger partial charge in [-0.2, -0.15) is 0 Å². The number of anilines is 1. The molecule has 1 saturated carbocycles. The summed E-state index contributed by atoms with van der Waals surface area (Å²) in [4.78, 5) is 37.3. The first kappa shape index (κ1) is 27.2. The highest BCUT2D eigenvalue weighted by Gasteiger charge is 2.42. The highest BCUT2D eigenvalue weighted by atomic mass is 16.5. The number of pyridine rings is 1. The highest BCUT2D eigenvalue weighted by Crippen LogP contribution is 2.40. The number of rotatable bonds is 7. The number of imidazole rings is 1. The lowest BCUT2D eigenvalue weighted by molar-refractivity contribution is -0.120. The first-order valence-corrected chi connectivity index (χ1v) is 14.2. The van der Waals surface area contributed by atoms with Crippen LogP contribution in [0.25, 0.3) is 11.5 Å². The molecule has 2 aromatic heterocycles. The molecule has 3 aromatic rings. The molecule has 10 heteroatoms. The molecule has 2 N–H and O–H groups in total. The molecule has 214 valence electrons. The minimum Gasteiger partial charge on any atom is -0.486 e. The van der Waals surface area contributed by atoms with Crippen molar-refractivity contribution >= 4 is 17.8 Å². The number of carbonyl (C=O) groups is 2. The molecular weight excluding hydrogens is 520 g/mol. The molecule has 1 aliphatic carbocycles. The number of aliphatic hydroxyl groups is 1. The molecule has 3 amide bonds. The SMILES string of the molecule is C=C1CCCC[C@H]1Oc1ccc(CN2Cc3ccc(-c4ncc(N5CCC(=O)NC5=O)n4C)nc3[C@]2(C)CO)cc1. The van der Waals surface area contributed by atoms with Gasteiger partial charge in [-0.05, 0) is 67.5 Å². The number of hydrogen-bond acceptors (Lipinski definition) is 7. The van der Waals surface area contributed by atoms with Crippen LogP contribution in [0.15, 0.2) is 54.7 Å². The Balaban J connectivity index is 1.20. The number of benzene rings is 1. The fourth-order valence-electron chi connectivity index (χ4n) is 6.06. The first-order valence-electron chi connectivity index (χ1n) is 14.2. The van der Waals surface area contributed by atoms with Gasteiger partial charge in [0.15, 0.2) is 5.82 Å². The smallest absolute Gasteiger partial charge is 0.329 e. The third-order valence-electron chi connectivity index (χ3n) is 8.62. The number of nitrogens with one attached hydrogen (secondary N) is 1. The first-order chi connectivity index (χ1) is 19.8. The van der Waals surface area contributed by atoms with Crippen molar-refractivity contribution < 1.29 is 19.4 Å². The van der Waals surface area contributed by atoms with Crippen molar-refractivity contribution in [2.24, 2.45) is 7.05 Å². The zero-order valence-electron chi connectivity index (χ0n) is 23.6. The Bertz CT molecular complexity index is 1500. The number of amides is 3. The van der Waals surface area contributed by atoms with Crippen LogP contribution in [0.3, 0.4) is 0 Å². The summed E-state index contributed by atoms with van der Waals surface area (Å²) in [7, 11) is 1.82. The topological polar surface area (TPSA) is 113 Å². The van der Waals surface area contributed by atoms with Crippen LogP contribution in [0.2, 0.25) is 0 Å². The fourth-order valence-corrected chi connectivity index (χ4v) is 6.06. The number of imide groups is 1.